The number of urea groups is 1. The molecule has 0 spiro atoms. The number of hydrogen-bond acceptors (Lipinski definition) is 2. The molecular weight excluding hydrogens is 278 g/mol. The van der Waals surface area contributed by atoms with Crippen LogP contribution in [0.5, 0.6) is 0 Å². The van der Waals surface area contributed by atoms with Gasteiger partial charge in [-0.3, -0.25) is 4.79 Å². The third kappa shape index (κ3) is 6.61. The topological polar surface area (TPSA) is 70.2 Å². The van der Waals surface area contributed by atoms with Crippen LogP contribution in [0, 0.1) is 0 Å². The summed E-state index contributed by atoms with van der Waals surface area (Å²) in [6.45, 7) is 8.36. The molecule has 0 radical (unpaired) electrons. The maximum Gasteiger partial charge on any atom is 0.315 e. The second-order valence-corrected chi connectivity index (χ2v) is 5.84. The summed E-state index contributed by atoms with van der Waals surface area (Å²) < 4.78 is 0. The Morgan fingerprint density at radius 3 is 2.23 bits per heavy atom. The summed E-state index contributed by atoms with van der Waals surface area (Å²) in [7, 11) is 0. The molecule has 1 aromatic carbocycles. The lowest BCUT2D eigenvalue weighted by Gasteiger charge is -2.13. The van der Waals surface area contributed by atoms with Crippen LogP contribution in [0.1, 0.15) is 56.5 Å². The van der Waals surface area contributed by atoms with E-state index in [0.717, 1.165) is 18.4 Å². The number of benzene rings is 1. The lowest BCUT2D eigenvalue weighted by atomic mass is 10.1. The molecule has 122 valence electrons. The molecule has 1 atom stereocenters. The summed E-state index contributed by atoms with van der Waals surface area (Å²) in [4.78, 5) is 23.5. The van der Waals surface area contributed by atoms with E-state index >= 15 is 0 Å². The third-order valence-electron chi connectivity index (χ3n) is 3.19. The number of nitrogens with one attached hydrogen (secondary N) is 3. The molecule has 0 aliphatic rings. The van der Waals surface area contributed by atoms with Gasteiger partial charge in [-0.2, -0.15) is 0 Å². The van der Waals surface area contributed by atoms with Crippen LogP contribution in [-0.2, 0) is 6.54 Å². The van der Waals surface area contributed by atoms with Crippen molar-refractivity contribution in [3.63, 3.8) is 0 Å². The van der Waals surface area contributed by atoms with Gasteiger partial charge in [0.05, 0.1) is 0 Å². The third-order valence-corrected chi connectivity index (χ3v) is 3.19. The molecule has 0 saturated carbocycles. The standard InChI is InChI=1S/C17H27N3O2/c1-5-6-13(4)20-16(21)15-9-7-14(8-10-15)11-18-17(22)19-12(2)3/h7-10,12-13H,5-6,11H2,1-4H3,(H,20,21)(H2,18,19,22)/t13-/m1/s1. The highest BCUT2D eigenvalue weighted by Crippen LogP contribution is 2.06. The van der Waals surface area contributed by atoms with Crippen LogP contribution in [0.25, 0.3) is 0 Å². The minimum absolute atomic E-state index is 0.0574. The van der Waals surface area contributed by atoms with Crippen LogP contribution >= 0.6 is 0 Å². The average molecular weight is 305 g/mol. The summed E-state index contributed by atoms with van der Waals surface area (Å²) in [5.74, 6) is -0.0574. The average Bonchev–Trinajstić information content (AvgIpc) is 2.45. The van der Waals surface area contributed by atoms with E-state index in [-0.39, 0.29) is 24.0 Å². The van der Waals surface area contributed by atoms with Crippen molar-refractivity contribution in [3.05, 3.63) is 35.4 Å². The molecule has 0 unspecified atom stereocenters. The van der Waals surface area contributed by atoms with E-state index in [2.05, 4.69) is 22.9 Å². The van der Waals surface area contributed by atoms with Crippen molar-refractivity contribution in [2.75, 3.05) is 0 Å². The molecule has 3 amide bonds. The van der Waals surface area contributed by atoms with E-state index < -0.39 is 0 Å². The molecule has 1 rings (SSSR count). The first-order valence-electron chi connectivity index (χ1n) is 7.86. The van der Waals surface area contributed by atoms with E-state index in [0.29, 0.717) is 12.1 Å². The second-order valence-electron chi connectivity index (χ2n) is 5.84. The van der Waals surface area contributed by atoms with Gasteiger partial charge in [0.15, 0.2) is 0 Å². The van der Waals surface area contributed by atoms with Gasteiger partial charge in [-0.05, 0) is 44.9 Å². The summed E-state index contributed by atoms with van der Waals surface area (Å²) >= 11 is 0. The molecule has 0 bridgehead atoms. The van der Waals surface area contributed by atoms with E-state index in [4.69, 9.17) is 0 Å². The molecule has 3 N–H and O–H groups in total. The largest absolute Gasteiger partial charge is 0.350 e. The molecule has 5 nitrogen and oxygen atoms in total. The Hall–Kier alpha value is -2.04. The highest BCUT2D eigenvalue weighted by molar-refractivity contribution is 5.94. The van der Waals surface area contributed by atoms with Gasteiger partial charge >= 0.3 is 6.03 Å². The predicted molar refractivity (Wildman–Crippen MR) is 88.8 cm³/mol. The Bertz CT molecular complexity index is 483. The molecule has 0 fully saturated rings. The molecule has 0 aliphatic heterocycles. The fraction of sp³-hybridized carbons (Fsp3) is 0.529. The van der Waals surface area contributed by atoms with Crippen LogP contribution < -0.4 is 16.0 Å². The summed E-state index contributed by atoms with van der Waals surface area (Å²) in [5.41, 5.74) is 1.59. The minimum Gasteiger partial charge on any atom is -0.350 e. The molecule has 5 heteroatoms. The molecule has 0 aliphatic carbocycles. The number of carbonyl (C=O) groups is 2. The Morgan fingerprint density at radius 1 is 1.05 bits per heavy atom. The van der Waals surface area contributed by atoms with Crippen molar-refractivity contribution >= 4 is 11.9 Å². The monoisotopic (exact) mass is 305 g/mol. The van der Waals surface area contributed by atoms with Gasteiger partial charge < -0.3 is 16.0 Å². The molecule has 0 heterocycles. The molecule has 22 heavy (non-hydrogen) atoms. The van der Waals surface area contributed by atoms with Crippen molar-refractivity contribution in [1.29, 1.82) is 0 Å². The Morgan fingerprint density at radius 2 is 1.68 bits per heavy atom. The maximum absolute atomic E-state index is 12.0. The highest BCUT2D eigenvalue weighted by Gasteiger charge is 2.09. The Balaban J connectivity index is 2.49. The van der Waals surface area contributed by atoms with E-state index in [1.165, 1.54) is 0 Å². The van der Waals surface area contributed by atoms with Gasteiger partial charge in [-0.15, -0.1) is 0 Å². The molecular formula is C17H27N3O2. The van der Waals surface area contributed by atoms with Gasteiger partial charge in [0.1, 0.15) is 0 Å². The second kappa shape index (κ2) is 9.07. The van der Waals surface area contributed by atoms with Crippen LogP contribution in [-0.4, -0.2) is 24.0 Å². The zero-order valence-corrected chi connectivity index (χ0v) is 13.9. The van der Waals surface area contributed by atoms with Crippen LogP contribution in [0.15, 0.2) is 24.3 Å². The Labute approximate surface area is 132 Å². The number of amides is 3. The van der Waals surface area contributed by atoms with Crippen molar-refractivity contribution in [3.8, 4) is 0 Å². The molecule has 0 aromatic heterocycles. The number of carbonyl (C=O) groups excluding carboxylic acids is 2. The van der Waals surface area contributed by atoms with E-state index in [1.807, 2.05) is 32.9 Å². The first kappa shape index (κ1) is 18.0. The van der Waals surface area contributed by atoms with Crippen LogP contribution in [0.2, 0.25) is 0 Å². The van der Waals surface area contributed by atoms with E-state index in [9.17, 15) is 9.59 Å². The normalized spacial score (nSPS) is 11.9. The Kier molecular flexibility index (Phi) is 7.43. The quantitative estimate of drug-likeness (QED) is 0.725. The molecule has 1 aromatic rings. The fourth-order valence-corrected chi connectivity index (χ4v) is 2.08. The summed E-state index contributed by atoms with van der Waals surface area (Å²) in [6.07, 6.45) is 2.02. The highest BCUT2D eigenvalue weighted by atomic mass is 16.2. The predicted octanol–water partition coefficient (Wildman–Crippen LogP) is 2.81. The van der Waals surface area contributed by atoms with Crippen LogP contribution in [0.3, 0.4) is 0 Å². The van der Waals surface area contributed by atoms with Crippen LogP contribution in [0.4, 0.5) is 4.79 Å². The van der Waals surface area contributed by atoms with Crippen molar-refractivity contribution < 1.29 is 9.59 Å². The smallest absolute Gasteiger partial charge is 0.315 e. The van der Waals surface area contributed by atoms with Crippen molar-refractivity contribution in [2.24, 2.45) is 0 Å². The van der Waals surface area contributed by atoms with Gasteiger partial charge in [0.2, 0.25) is 0 Å². The lowest BCUT2D eigenvalue weighted by molar-refractivity contribution is 0.0938. The first-order chi connectivity index (χ1) is 10.4. The number of hydrogen-bond donors (Lipinski definition) is 3. The SMILES string of the molecule is CCC[C@@H](C)NC(=O)c1ccc(CNC(=O)NC(C)C)cc1. The van der Waals surface area contributed by atoms with Gasteiger partial charge in [-0.1, -0.05) is 25.5 Å². The first-order valence-corrected chi connectivity index (χ1v) is 7.86. The summed E-state index contributed by atoms with van der Waals surface area (Å²) in [5, 5.41) is 8.51. The molecule has 0 saturated heterocycles. The zero-order chi connectivity index (χ0) is 16.5. The van der Waals surface area contributed by atoms with Crippen molar-refractivity contribution in [2.45, 2.75) is 59.2 Å². The lowest BCUT2D eigenvalue weighted by Crippen LogP contribution is -2.39. The number of rotatable bonds is 7. The summed E-state index contributed by atoms with van der Waals surface area (Å²) in [6, 6.07) is 7.38. The van der Waals surface area contributed by atoms with Gasteiger partial charge in [0, 0.05) is 24.2 Å². The minimum atomic E-state index is -0.190. The van der Waals surface area contributed by atoms with Crippen molar-refractivity contribution in [1.82, 2.24) is 16.0 Å². The van der Waals surface area contributed by atoms with Gasteiger partial charge in [0.25, 0.3) is 5.91 Å². The zero-order valence-electron chi connectivity index (χ0n) is 13.9. The van der Waals surface area contributed by atoms with Gasteiger partial charge in [-0.25, -0.2) is 4.79 Å². The van der Waals surface area contributed by atoms with E-state index in [1.54, 1.807) is 12.1 Å². The maximum atomic E-state index is 12.0. The fourth-order valence-electron chi connectivity index (χ4n) is 2.08.